The Morgan fingerprint density at radius 2 is 2.19 bits per heavy atom. The van der Waals surface area contributed by atoms with Crippen molar-refractivity contribution in [2.45, 2.75) is 36.8 Å². The minimum absolute atomic E-state index is 0.0403. The number of aromatic nitrogens is 1. The molecule has 1 N–H and O–H groups in total. The highest BCUT2D eigenvalue weighted by molar-refractivity contribution is 8.00. The third kappa shape index (κ3) is 4.11. The molecule has 7 heteroatoms. The molecule has 2 heterocycles. The number of sulfonamides is 1. The molecule has 0 aliphatic carbocycles. The van der Waals surface area contributed by atoms with Crippen LogP contribution in [0.2, 0.25) is 0 Å². The molecule has 1 saturated heterocycles. The Morgan fingerprint density at radius 3 is 2.76 bits per heavy atom. The summed E-state index contributed by atoms with van der Waals surface area (Å²) in [5.74, 6) is 1.54. The lowest BCUT2D eigenvalue weighted by atomic mass is 10.2. The van der Waals surface area contributed by atoms with Crippen molar-refractivity contribution in [2.75, 3.05) is 30.7 Å². The second kappa shape index (κ2) is 6.54. The van der Waals surface area contributed by atoms with E-state index >= 15 is 0 Å². The zero-order chi connectivity index (χ0) is 15.5. The van der Waals surface area contributed by atoms with Gasteiger partial charge in [-0.2, -0.15) is 16.1 Å². The second-order valence-electron chi connectivity index (χ2n) is 5.75. The summed E-state index contributed by atoms with van der Waals surface area (Å²) >= 11 is 1.82. The summed E-state index contributed by atoms with van der Waals surface area (Å²) < 4.78 is 26.8. The normalized spacial score (nSPS) is 19.4. The molecule has 0 unspecified atom stereocenters. The third-order valence-corrected chi connectivity index (χ3v) is 6.45. The zero-order valence-electron chi connectivity index (χ0n) is 12.8. The molecule has 21 heavy (non-hydrogen) atoms. The molecule has 0 aromatic carbocycles. The van der Waals surface area contributed by atoms with Crippen molar-refractivity contribution in [2.24, 2.45) is 0 Å². The fraction of sp³-hybridized carbons (Fsp3) is 0.643. The van der Waals surface area contributed by atoms with Crippen molar-refractivity contribution < 1.29 is 8.42 Å². The number of thioether (sulfide) groups is 1. The van der Waals surface area contributed by atoms with Crippen LogP contribution in [-0.2, 0) is 10.0 Å². The molecular weight excluding hydrogens is 306 g/mol. The average Bonchev–Trinajstić information content (AvgIpc) is 2.44. The summed E-state index contributed by atoms with van der Waals surface area (Å²) in [4.78, 5) is 4.46. The van der Waals surface area contributed by atoms with Crippen LogP contribution in [0.3, 0.4) is 0 Å². The minimum atomic E-state index is -3.44. The number of nitrogens with zero attached hydrogens (tertiary/aromatic N) is 2. The summed E-state index contributed by atoms with van der Waals surface area (Å²) in [7, 11) is -3.44. The quantitative estimate of drug-likeness (QED) is 0.899. The number of pyridine rings is 1. The van der Waals surface area contributed by atoms with E-state index in [1.165, 1.54) is 6.20 Å². The SMILES string of the molecule is CCCNc1ccc(S(=O)(=O)N2CCSC(C)(C)C2)cn1. The van der Waals surface area contributed by atoms with E-state index in [1.807, 2.05) is 11.8 Å². The molecule has 1 aliphatic heterocycles. The predicted molar refractivity (Wildman–Crippen MR) is 88.3 cm³/mol. The Bertz CT molecular complexity index is 570. The highest BCUT2D eigenvalue weighted by Gasteiger charge is 2.34. The van der Waals surface area contributed by atoms with E-state index < -0.39 is 10.0 Å². The smallest absolute Gasteiger partial charge is 0.244 e. The third-order valence-electron chi connectivity index (χ3n) is 3.32. The van der Waals surface area contributed by atoms with Crippen molar-refractivity contribution in [1.29, 1.82) is 0 Å². The lowest BCUT2D eigenvalue weighted by Crippen LogP contribution is -2.46. The van der Waals surface area contributed by atoms with E-state index in [2.05, 4.69) is 31.1 Å². The molecule has 0 saturated carbocycles. The van der Waals surface area contributed by atoms with E-state index in [9.17, 15) is 8.42 Å². The number of hydrogen-bond acceptors (Lipinski definition) is 5. The van der Waals surface area contributed by atoms with E-state index in [0.717, 1.165) is 18.7 Å². The summed E-state index contributed by atoms with van der Waals surface area (Å²) in [6, 6.07) is 3.36. The van der Waals surface area contributed by atoms with Crippen LogP contribution in [0.25, 0.3) is 0 Å². The molecule has 1 aromatic rings. The first kappa shape index (κ1) is 16.6. The largest absolute Gasteiger partial charge is 0.370 e. The average molecular weight is 329 g/mol. The Morgan fingerprint density at radius 1 is 1.43 bits per heavy atom. The van der Waals surface area contributed by atoms with Crippen molar-refractivity contribution in [3.05, 3.63) is 18.3 Å². The van der Waals surface area contributed by atoms with Gasteiger partial charge in [0.1, 0.15) is 10.7 Å². The first-order valence-corrected chi connectivity index (χ1v) is 9.62. The fourth-order valence-electron chi connectivity index (χ4n) is 2.22. The van der Waals surface area contributed by atoms with Crippen LogP contribution in [0.1, 0.15) is 27.2 Å². The molecular formula is C14H23N3O2S2. The molecule has 0 spiro atoms. The number of nitrogens with one attached hydrogen (secondary N) is 1. The van der Waals surface area contributed by atoms with Crippen molar-refractivity contribution >= 4 is 27.6 Å². The Kier molecular flexibility index (Phi) is 5.16. The number of hydrogen-bond donors (Lipinski definition) is 1. The van der Waals surface area contributed by atoms with Crippen molar-refractivity contribution in [3.8, 4) is 0 Å². The maximum atomic E-state index is 12.7. The summed E-state index contributed by atoms with van der Waals surface area (Å²) in [5, 5.41) is 3.14. The Hall–Kier alpha value is -0.790. The van der Waals surface area contributed by atoms with Gasteiger partial charge in [0, 0.05) is 36.3 Å². The van der Waals surface area contributed by atoms with Gasteiger partial charge in [-0.15, -0.1) is 0 Å². The molecule has 118 valence electrons. The topological polar surface area (TPSA) is 62.3 Å². The van der Waals surface area contributed by atoms with Crippen molar-refractivity contribution in [3.63, 3.8) is 0 Å². The maximum Gasteiger partial charge on any atom is 0.244 e. The van der Waals surface area contributed by atoms with Crippen LogP contribution in [-0.4, -0.2) is 47.8 Å². The molecule has 0 bridgehead atoms. The van der Waals surface area contributed by atoms with Gasteiger partial charge in [-0.25, -0.2) is 13.4 Å². The van der Waals surface area contributed by atoms with E-state index in [0.29, 0.717) is 18.9 Å². The lowest BCUT2D eigenvalue weighted by Gasteiger charge is -2.36. The summed E-state index contributed by atoms with van der Waals surface area (Å²) in [5.41, 5.74) is 0. The minimum Gasteiger partial charge on any atom is -0.370 e. The maximum absolute atomic E-state index is 12.7. The predicted octanol–water partition coefficient (Wildman–Crippen LogP) is 2.42. The van der Waals surface area contributed by atoms with Gasteiger partial charge in [0.15, 0.2) is 0 Å². The van der Waals surface area contributed by atoms with Crippen LogP contribution < -0.4 is 5.32 Å². The highest BCUT2D eigenvalue weighted by Crippen LogP contribution is 2.32. The molecule has 2 rings (SSSR count). The lowest BCUT2D eigenvalue weighted by molar-refractivity contribution is 0.387. The van der Waals surface area contributed by atoms with Crippen molar-refractivity contribution in [1.82, 2.24) is 9.29 Å². The molecule has 1 fully saturated rings. The van der Waals surface area contributed by atoms with Crippen LogP contribution in [0.15, 0.2) is 23.2 Å². The van der Waals surface area contributed by atoms with Gasteiger partial charge in [-0.3, -0.25) is 0 Å². The second-order valence-corrected chi connectivity index (χ2v) is 9.49. The van der Waals surface area contributed by atoms with Crippen LogP contribution in [0.5, 0.6) is 0 Å². The van der Waals surface area contributed by atoms with Gasteiger partial charge in [0.25, 0.3) is 0 Å². The first-order valence-electron chi connectivity index (χ1n) is 7.19. The standard InChI is InChI=1S/C14H23N3O2S2/c1-4-7-15-13-6-5-12(10-16-13)21(18,19)17-8-9-20-14(2,3)11-17/h5-6,10H,4,7-9,11H2,1-3H3,(H,15,16). The van der Waals surface area contributed by atoms with E-state index in [-0.39, 0.29) is 9.64 Å². The van der Waals surface area contributed by atoms with E-state index in [4.69, 9.17) is 0 Å². The fourth-order valence-corrected chi connectivity index (χ4v) is 5.07. The molecule has 5 nitrogen and oxygen atoms in total. The number of anilines is 1. The first-order chi connectivity index (χ1) is 9.85. The number of rotatable bonds is 5. The van der Waals surface area contributed by atoms with Gasteiger partial charge in [-0.1, -0.05) is 6.92 Å². The molecule has 0 radical (unpaired) electrons. The van der Waals surface area contributed by atoms with Crippen LogP contribution in [0, 0.1) is 0 Å². The highest BCUT2D eigenvalue weighted by atomic mass is 32.2. The summed E-state index contributed by atoms with van der Waals surface area (Å²) in [6.07, 6.45) is 2.45. The van der Waals surface area contributed by atoms with Gasteiger partial charge >= 0.3 is 0 Å². The molecule has 1 aromatic heterocycles. The monoisotopic (exact) mass is 329 g/mol. The Labute approximate surface area is 131 Å². The van der Waals surface area contributed by atoms with E-state index in [1.54, 1.807) is 16.4 Å². The van der Waals surface area contributed by atoms with Gasteiger partial charge in [0.2, 0.25) is 10.0 Å². The van der Waals surface area contributed by atoms with Gasteiger partial charge in [-0.05, 0) is 32.4 Å². The zero-order valence-corrected chi connectivity index (χ0v) is 14.4. The van der Waals surface area contributed by atoms with Crippen LogP contribution in [0.4, 0.5) is 5.82 Å². The van der Waals surface area contributed by atoms with Crippen LogP contribution >= 0.6 is 11.8 Å². The summed E-state index contributed by atoms with van der Waals surface area (Å²) in [6.45, 7) is 8.16. The van der Waals surface area contributed by atoms with Gasteiger partial charge < -0.3 is 5.32 Å². The molecule has 0 atom stereocenters. The van der Waals surface area contributed by atoms with Gasteiger partial charge in [0.05, 0.1) is 0 Å². The molecule has 1 aliphatic rings. The Balaban J connectivity index is 2.15. The molecule has 0 amide bonds.